The van der Waals surface area contributed by atoms with E-state index in [2.05, 4.69) is 46.3 Å². The van der Waals surface area contributed by atoms with Gasteiger partial charge < -0.3 is 10.2 Å². The zero-order valence-electron chi connectivity index (χ0n) is 15.6. The van der Waals surface area contributed by atoms with Gasteiger partial charge in [0.05, 0.1) is 14.7 Å². The molecule has 1 aliphatic rings. The Morgan fingerprint density at radius 2 is 1.96 bits per heavy atom. The largest absolute Gasteiger partial charge is 0.369 e. The summed E-state index contributed by atoms with van der Waals surface area (Å²) >= 11 is 1.16. The first-order valence-electron chi connectivity index (χ1n) is 9.01. The topological polar surface area (TPSA) is 78.7 Å². The Morgan fingerprint density at radius 1 is 1.22 bits per heavy atom. The molecule has 0 bridgehead atoms. The van der Waals surface area contributed by atoms with Crippen molar-refractivity contribution in [3.05, 3.63) is 55.8 Å². The summed E-state index contributed by atoms with van der Waals surface area (Å²) in [5.41, 5.74) is 2.54. The number of hydrogen-bond acceptors (Lipinski definition) is 6. The van der Waals surface area contributed by atoms with Gasteiger partial charge in [-0.3, -0.25) is 19.8 Å². The number of nitrogens with one attached hydrogen (secondary N) is 1. The Bertz CT molecular complexity index is 828. The van der Waals surface area contributed by atoms with E-state index < -0.39 is 4.92 Å². The third kappa shape index (κ3) is 4.84. The van der Waals surface area contributed by atoms with Gasteiger partial charge in [0, 0.05) is 51.0 Å². The van der Waals surface area contributed by atoms with Crippen LogP contribution in [0.3, 0.4) is 0 Å². The van der Waals surface area contributed by atoms with Gasteiger partial charge in [0.2, 0.25) is 0 Å². The number of carbonyl (C=O) groups is 1. The Balaban J connectivity index is 1.43. The number of thiophene rings is 1. The van der Waals surface area contributed by atoms with Crippen LogP contribution in [-0.2, 0) is 0 Å². The summed E-state index contributed by atoms with van der Waals surface area (Å²) in [4.78, 5) is 28.3. The quantitative estimate of drug-likeness (QED) is 0.608. The Hall–Kier alpha value is -2.45. The van der Waals surface area contributed by atoms with E-state index >= 15 is 0 Å². The Morgan fingerprint density at radius 3 is 2.59 bits per heavy atom. The molecule has 0 atom stereocenters. The molecular formula is C19H24N4O3S. The lowest BCUT2D eigenvalue weighted by Crippen LogP contribution is -2.48. The van der Waals surface area contributed by atoms with E-state index in [9.17, 15) is 14.9 Å². The SMILES string of the molecule is Cc1cccc(N2CCN(CCNC(=O)c3cc([N+](=O)[O-])c(C)s3)CC2)c1. The fourth-order valence-electron chi connectivity index (χ4n) is 3.23. The molecule has 7 nitrogen and oxygen atoms in total. The maximum Gasteiger partial charge on any atom is 0.283 e. The number of hydrogen-bond donors (Lipinski definition) is 1. The van der Waals surface area contributed by atoms with Crippen molar-refractivity contribution in [2.45, 2.75) is 13.8 Å². The van der Waals surface area contributed by atoms with Crippen LogP contribution in [-0.4, -0.2) is 55.0 Å². The lowest BCUT2D eigenvalue weighted by Gasteiger charge is -2.36. The van der Waals surface area contributed by atoms with Gasteiger partial charge in [-0.25, -0.2) is 0 Å². The number of carbonyl (C=O) groups excluding carboxylic acids is 1. The van der Waals surface area contributed by atoms with E-state index in [1.54, 1.807) is 6.92 Å². The van der Waals surface area contributed by atoms with Crippen LogP contribution >= 0.6 is 11.3 Å². The van der Waals surface area contributed by atoms with Crippen molar-refractivity contribution in [2.75, 3.05) is 44.2 Å². The summed E-state index contributed by atoms with van der Waals surface area (Å²) in [7, 11) is 0. The minimum Gasteiger partial charge on any atom is -0.369 e. The highest BCUT2D eigenvalue weighted by atomic mass is 32.1. The maximum absolute atomic E-state index is 12.2. The number of piperazine rings is 1. The molecule has 0 saturated carbocycles. The van der Waals surface area contributed by atoms with Crippen LogP contribution < -0.4 is 10.2 Å². The summed E-state index contributed by atoms with van der Waals surface area (Å²) in [5, 5.41) is 13.8. The third-order valence-electron chi connectivity index (χ3n) is 4.76. The van der Waals surface area contributed by atoms with E-state index in [0.717, 1.165) is 44.1 Å². The average molecular weight is 388 g/mol. The van der Waals surface area contributed by atoms with E-state index in [0.29, 0.717) is 16.3 Å². The van der Waals surface area contributed by atoms with Crippen LogP contribution in [0, 0.1) is 24.0 Å². The van der Waals surface area contributed by atoms with Gasteiger partial charge in [0.15, 0.2) is 0 Å². The summed E-state index contributed by atoms with van der Waals surface area (Å²) in [5.74, 6) is -0.241. The standard InChI is InChI=1S/C19H24N4O3S/c1-14-4-3-5-16(12-14)22-10-8-21(9-11-22)7-6-20-19(24)18-13-17(23(25)26)15(2)27-18/h3-5,12-13H,6-11H2,1-2H3,(H,20,24). The van der Waals surface area contributed by atoms with Gasteiger partial charge in [-0.2, -0.15) is 0 Å². The molecule has 144 valence electrons. The van der Waals surface area contributed by atoms with E-state index in [-0.39, 0.29) is 11.6 Å². The van der Waals surface area contributed by atoms with Gasteiger partial charge in [-0.1, -0.05) is 12.1 Å². The van der Waals surface area contributed by atoms with Gasteiger partial charge in [0.1, 0.15) is 0 Å². The van der Waals surface area contributed by atoms with E-state index in [1.807, 2.05) is 0 Å². The minimum absolute atomic E-state index is 0.0115. The summed E-state index contributed by atoms with van der Waals surface area (Å²) in [6.07, 6.45) is 0. The average Bonchev–Trinajstić information content (AvgIpc) is 3.04. The Labute approximate surface area is 162 Å². The molecule has 0 spiro atoms. The minimum atomic E-state index is -0.448. The van der Waals surface area contributed by atoms with E-state index in [4.69, 9.17) is 0 Å². The second kappa shape index (κ2) is 8.49. The van der Waals surface area contributed by atoms with Crippen LogP contribution in [0.25, 0.3) is 0 Å². The number of rotatable bonds is 6. The second-order valence-electron chi connectivity index (χ2n) is 6.73. The molecule has 8 heteroatoms. The van der Waals surface area contributed by atoms with Crippen LogP contribution in [0.15, 0.2) is 30.3 Å². The lowest BCUT2D eigenvalue weighted by molar-refractivity contribution is -0.385. The van der Waals surface area contributed by atoms with Gasteiger partial charge in [-0.05, 0) is 31.5 Å². The summed E-state index contributed by atoms with van der Waals surface area (Å²) in [6.45, 7) is 8.91. The van der Waals surface area contributed by atoms with Crippen LogP contribution in [0.5, 0.6) is 0 Å². The van der Waals surface area contributed by atoms with E-state index in [1.165, 1.54) is 17.3 Å². The second-order valence-corrected chi connectivity index (χ2v) is 7.99. The molecule has 1 N–H and O–H groups in total. The molecule has 2 heterocycles. The zero-order valence-corrected chi connectivity index (χ0v) is 16.4. The highest BCUT2D eigenvalue weighted by molar-refractivity contribution is 7.14. The number of nitrogens with zero attached hydrogens (tertiary/aromatic N) is 3. The number of nitro groups is 1. The molecule has 1 aromatic heterocycles. The summed E-state index contributed by atoms with van der Waals surface area (Å²) in [6, 6.07) is 9.90. The third-order valence-corrected chi connectivity index (χ3v) is 5.80. The molecule has 3 rings (SSSR count). The molecule has 1 fully saturated rings. The predicted octanol–water partition coefficient (Wildman–Crippen LogP) is 2.83. The molecule has 1 saturated heterocycles. The van der Waals surface area contributed by atoms with Gasteiger partial charge in [0.25, 0.3) is 11.6 Å². The number of anilines is 1. The molecule has 27 heavy (non-hydrogen) atoms. The zero-order chi connectivity index (χ0) is 19.4. The highest BCUT2D eigenvalue weighted by Gasteiger charge is 2.20. The molecule has 1 amide bonds. The van der Waals surface area contributed by atoms with Crippen molar-refractivity contribution in [3.63, 3.8) is 0 Å². The number of benzene rings is 1. The number of aryl methyl sites for hydroxylation is 2. The number of amides is 1. The monoisotopic (exact) mass is 388 g/mol. The first kappa shape index (κ1) is 19.3. The van der Waals surface area contributed by atoms with Crippen molar-refractivity contribution in [1.29, 1.82) is 0 Å². The molecule has 0 aliphatic carbocycles. The van der Waals surface area contributed by atoms with Crippen molar-refractivity contribution >= 4 is 28.6 Å². The van der Waals surface area contributed by atoms with Gasteiger partial charge >= 0.3 is 0 Å². The van der Waals surface area contributed by atoms with Crippen molar-refractivity contribution in [1.82, 2.24) is 10.2 Å². The van der Waals surface area contributed by atoms with Crippen molar-refractivity contribution in [2.24, 2.45) is 0 Å². The van der Waals surface area contributed by atoms with Crippen molar-refractivity contribution in [3.8, 4) is 0 Å². The molecular weight excluding hydrogens is 364 g/mol. The fourth-order valence-corrected chi connectivity index (χ4v) is 4.14. The summed E-state index contributed by atoms with van der Waals surface area (Å²) < 4.78 is 0. The molecule has 0 unspecified atom stereocenters. The first-order valence-corrected chi connectivity index (χ1v) is 9.82. The van der Waals surface area contributed by atoms with Crippen molar-refractivity contribution < 1.29 is 9.72 Å². The van der Waals surface area contributed by atoms with Crippen LogP contribution in [0.4, 0.5) is 11.4 Å². The molecule has 2 aromatic rings. The first-order chi connectivity index (χ1) is 12.9. The maximum atomic E-state index is 12.2. The Kier molecular flexibility index (Phi) is 6.08. The lowest BCUT2D eigenvalue weighted by atomic mass is 10.2. The van der Waals surface area contributed by atoms with Crippen LogP contribution in [0.2, 0.25) is 0 Å². The normalized spacial score (nSPS) is 15.0. The fraction of sp³-hybridized carbons (Fsp3) is 0.421. The molecule has 1 aliphatic heterocycles. The van der Waals surface area contributed by atoms with Crippen LogP contribution in [0.1, 0.15) is 20.1 Å². The van der Waals surface area contributed by atoms with Gasteiger partial charge in [-0.15, -0.1) is 11.3 Å². The molecule has 0 radical (unpaired) electrons. The smallest absolute Gasteiger partial charge is 0.283 e. The highest BCUT2D eigenvalue weighted by Crippen LogP contribution is 2.27. The molecule has 1 aromatic carbocycles. The predicted molar refractivity (Wildman–Crippen MR) is 108 cm³/mol.